The summed E-state index contributed by atoms with van der Waals surface area (Å²) in [6.45, 7) is 3.21. The molecule has 2 saturated heterocycles. The first kappa shape index (κ1) is 21.3. The lowest BCUT2D eigenvalue weighted by Gasteiger charge is -2.35. The summed E-state index contributed by atoms with van der Waals surface area (Å²) < 4.78 is 54.3. The number of alkyl halides is 3. The molecule has 0 radical (unpaired) electrons. The summed E-state index contributed by atoms with van der Waals surface area (Å²) in [5, 5.41) is 0. The molecule has 2 nitrogen and oxygen atoms in total. The lowest BCUT2D eigenvalue weighted by atomic mass is 9.88. The van der Waals surface area contributed by atoms with Crippen LogP contribution in [0.5, 0.6) is 0 Å². The van der Waals surface area contributed by atoms with Gasteiger partial charge in [0.05, 0.1) is 5.92 Å². The molecule has 162 valence electrons. The summed E-state index contributed by atoms with van der Waals surface area (Å²) in [7, 11) is 0. The number of rotatable bonds is 5. The van der Waals surface area contributed by atoms with Gasteiger partial charge in [-0.2, -0.15) is 13.2 Å². The van der Waals surface area contributed by atoms with E-state index in [2.05, 4.69) is 4.90 Å². The van der Waals surface area contributed by atoms with Gasteiger partial charge in [0.1, 0.15) is 5.82 Å². The van der Waals surface area contributed by atoms with Crippen molar-refractivity contribution in [3.8, 4) is 0 Å². The third-order valence-electron chi connectivity index (χ3n) is 6.61. The van der Waals surface area contributed by atoms with Crippen LogP contribution in [0.1, 0.15) is 29.9 Å². The molecule has 6 heteroatoms. The molecule has 2 heterocycles. The molecule has 4 rings (SSSR count). The van der Waals surface area contributed by atoms with E-state index in [1.165, 1.54) is 12.1 Å². The monoisotopic (exact) mass is 420 g/mol. The molecule has 0 aromatic heterocycles. The molecular weight excluding hydrogens is 392 g/mol. The van der Waals surface area contributed by atoms with Crippen molar-refractivity contribution < 1.29 is 17.6 Å². The van der Waals surface area contributed by atoms with E-state index in [0.29, 0.717) is 25.6 Å². The van der Waals surface area contributed by atoms with Crippen molar-refractivity contribution in [1.29, 1.82) is 0 Å². The highest BCUT2D eigenvalue weighted by atomic mass is 19.4. The van der Waals surface area contributed by atoms with Crippen LogP contribution in [-0.4, -0.2) is 48.7 Å². The Bertz CT molecular complexity index is 798. The first-order valence-electron chi connectivity index (χ1n) is 10.7. The number of likely N-dealkylation sites (tertiary alicyclic amines) is 2. The molecule has 2 atom stereocenters. The van der Waals surface area contributed by atoms with E-state index in [1.54, 1.807) is 0 Å². The predicted molar refractivity (Wildman–Crippen MR) is 110 cm³/mol. The molecule has 0 bridgehead atoms. The first-order valence-corrected chi connectivity index (χ1v) is 10.7. The molecule has 0 aliphatic carbocycles. The molecule has 0 saturated carbocycles. The minimum Gasteiger partial charge on any atom is -0.303 e. The maximum atomic E-state index is 13.7. The number of benzene rings is 2. The minimum atomic E-state index is -4.16. The fraction of sp³-hybridized carbons (Fsp3) is 0.500. The Morgan fingerprint density at radius 3 is 2.13 bits per heavy atom. The zero-order chi connectivity index (χ0) is 21.1. The molecule has 0 spiro atoms. The van der Waals surface area contributed by atoms with E-state index in [0.717, 1.165) is 37.1 Å². The van der Waals surface area contributed by atoms with E-state index in [1.807, 2.05) is 47.4 Å². The van der Waals surface area contributed by atoms with E-state index in [4.69, 9.17) is 0 Å². The van der Waals surface area contributed by atoms with E-state index in [-0.39, 0.29) is 12.4 Å². The molecule has 2 aliphatic heterocycles. The number of hydrogen-bond acceptors (Lipinski definition) is 2. The summed E-state index contributed by atoms with van der Waals surface area (Å²) in [4.78, 5) is 4.14. The van der Waals surface area contributed by atoms with Gasteiger partial charge < -0.3 is 4.90 Å². The van der Waals surface area contributed by atoms with E-state index < -0.39 is 18.0 Å². The Kier molecular flexibility index (Phi) is 6.44. The normalized spacial score (nSPS) is 24.4. The summed E-state index contributed by atoms with van der Waals surface area (Å²) in [5.41, 5.74) is 2.18. The summed E-state index contributed by atoms with van der Waals surface area (Å²) >= 11 is 0. The SMILES string of the molecule is Fc1ccc(C2CCN(CC3CN(Cc4ccccc4)C[C@H]3C(F)(F)F)CC2)cc1. The van der Waals surface area contributed by atoms with Gasteiger partial charge in [0.25, 0.3) is 0 Å². The predicted octanol–water partition coefficient (Wildman–Crippen LogP) is 5.32. The van der Waals surface area contributed by atoms with Gasteiger partial charge in [-0.3, -0.25) is 4.90 Å². The smallest absolute Gasteiger partial charge is 0.303 e. The standard InChI is InChI=1S/C24H28F4N2/c25-22-8-6-19(7-9-22)20-10-12-29(13-11-20)15-21-16-30(17-23(21)24(26,27)28)14-18-4-2-1-3-5-18/h1-9,20-21,23H,10-17H2/t21?,23-/m1/s1. The fourth-order valence-electron chi connectivity index (χ4n) is 5.00. The molecule has 0 amide bonds. The topological polar surface area (TPSA) is 6.48 Å². The van der Waals surface area contributed by atoms with Gasteiger partial charge in [0.2, 0.25) is 0 Å². The van der Waals surface area contributed by atoms with Crippen LogP contribution in [0, 0.1) is 17.7 Å². The van der Waals surface area contributed by atoms with Crippen molar-refractivity contribution in [3.63, 3.8) is 0 Å². The molecule has 2 fully saturated rings. The minimum absolute atomic E-state index is 0.0785. The second kappa shape index (κ2) is 9.06. The highest BCUT2D eigenvalue weighted by Crippen LogP contribution is 2.39. The zero-order valence-corrected chi connectivity index (χ0v) is 17.0. The van der Waals surface area contributed by atoms with Crippen molar-refractivity contribution in [2.45, 2.75) is 31.5 Å². The lowest BCUT2D eigenvalue weighted by Crippen LogP contribution is -2.41. The Morgan fingerprint density at radius 1 is 0.833 bits per heavy atom. The van der Waals surface area contributed by atoms with Crippen LogP contribution in [0.3, 0.4) is 0 Å². The third-order valence-corrected chi connectivity index (χ3v) is 6.61. The average Bonchev–Trinajstić information content (AvgIpc) is 3.13. The fourth-order valence-corrected chi connectivity index (χ4v) is 5.00. The Balaban J connectivity index is 1.34. The highest BCUT2D eigenvalue weighted by molar-refractivity contribution is 5.21. The van der Waals surface area contributed by atoms with Gasteiger partial charge >= 0.3 is 6.18 Å². The van der Waals surface area contributed by atoms with Crippen LogP contribution < -0.4 is 0 Å². The Hall–Kier alpha value is -1.92. The highest BCUT2D eigenvalue weighted by Gasteiger charge is 2.49. The number of nitrogens with zero attached hydrogens (tertiary/aromatic N) is 2. The van der Waals surface area contributed by atoms with Gasteiger partial charge in [0, 0.05) is 26.2 Å². The van der Waals surface area contributed by atoms with Gasteiger partial charge in [-0.05, 0) is 61.0 Å². The van der Waals surface area contributed by atoms with Crippen LogP contribution in [0.4, 0.5) is 17.6 Å². The van der Waals surface area contributed by atoms with E-state index in [9.17, 15) is 17.6 Å². The number of halogens is 4. The van der Waals surface area contributed by atoms with Crippen LogP contribution >= 0.6 is 0 Å². The summed E-state index contributed by atoms with van der Waals surface area (Å²) in [5.74, 6) is -1.54. The van der Waals surface area contributed by atoms with Crippen LogP contribution in [-0.2, 0) is 6.54 Å². The third kappa shape index (κ3) is 5.22. The Morgan fingerprint density at radius 2 is 1.50 bits per heavy atom. The molecule has 2 aromatic carbocycles. The van der Waals surface area contributed by atoms with Crippen molar-refractivity contribution >= 4 is 0 Å². The molecule has 1 unspecified atom stereocenters. The van der Waals surface area contributed by atoms with Crippen molar-refractivity contribution in [2.24, 2.45) is 11.8 Å². The van der Waals surface area contributed by atoms with Crippen LogP contribution in [0.2, 0.25) is 0 Å². The van der Waals surface area contributed by atoms with Crippen molar-refractivity contribution in [3.05, 3.63) is 71.5 Å². The maximum Gasteiger partial charge on any atom is 0.393 e. The average molecular weight is 420 g/mol. The zero-order valence-electron chi connectivity index (χ0n) is 17.0. The Labute approximate surface area is 175 Å². The maximum absolute atomic E-state index is 13.7. The molecule has 0 N–H and O–H groups in total. The first-order chi connectivity index (χ1) is 14.4. The van der Waals surface area contributed by atoms with Gasteiger partial charge in [0.15, 0.2) is 0 Å². The number of hydrogen-bond donors (Lipinski definition) is 0. The van der Waals surface area contributed by atoms with E-state index >= 15 is 0 Å². The van der Waals surface area contributed by atoms with Crippen molar-refractivity contribution in [2.75, 3.05) is 32.7 Å². The van der Waals surface area contributed by atoms with Crippen molar-refractivity contribution in [1.82, 2.24) is 9.80 Å². The molecular formula is C24H28F4N2. The quantitative estimate of drug-likeness (QED) is 0.605. The lowest BCUT2D eigenvalue weighted by molar-refractivity contribution is -0.181. The van der Waals surface area contributed by atoms with Gasteiger partial charge in [-0.15, -0.1) is 0 Å². The molecule has 2 aromatic rings. The van der Waals surface area contributed by atoms with Crippen LogP contribution in [0.25, 0.3) is 0 Å². The second-order valence-corrected chi connectivity index (χ2v) is 8.71. The molecule has 2 aliphatic rings. The van der Waals surface area contributed by atoms with Crippen LogP contribution in [0.15, 0.2) is 54.6 Å². The second-order valence-electron chi connectivity index (χ2n) is 8.71. The summed E-state index contributed by atoms with van der Waals surface area (Å²) in [6, 6.07) is 16.3. The summed E-state index contributed by atoms with van der Waals surface area (Å²) in [6.07, 6.45) is -2.35. The molecule has 30 heavy (non-hydrogen) atoms. The van der Waals surface area contributed by atoms with Gasteiger partial charge in [-0.1, -0.05) is 42.5 Å². The number of piperidine rings is 1. The largest absolute Gasteiger partial charge is 0.393 e. The van der Waals surface area contributed by atoms with Gasteiger partial charge in [-0.25, -0.2) is 4.39 Å².